The Morgan fingerprint density at radius 1 is 1.15 bits per heavy atom. The molecule has 1 atom stereocenters. The number of hydrogen-bond acceptors (Lipinski definition) is 3. The molecule has 0 aliphatic heterocycles. The number of hydrogen-bond donors (Lipinski definition) is 1. The molecular formula is C21H26ClNO3. The normalized spacial score (nSPS) is 11.7. The summed E-state index contributed by atoms with van der Waals surface area (Å²) in [4.78, 5) is 12.3. The van der Waals surface area contributed by atoms with Gasteiger partial charge >= 0.3 is 0 Å². The van der Waals surface area contributed by atoms with E-state index < -0.39 is 6.10 Å². The van der Waals surface area contributed by atoms with Crippen LogP contribution in [-0.2, 0) is 11.2 Å². The largest absolute Gasteiger partial charge is 0.497 e. The van der Waals surface area contributed by atoms with Gasteiger partial charge in [-0.05, 0) is 67.6 Å². The minimum Gasteiger partial charge on any atom is -0.497 e. The van der Waals surface area contributed by atoms with Gasteiger partial charge in [-0.3, -0.25) is 4.79 Å². The van der Waals surface area contributed by atoms with Gasteiger partial charge in [0.15, 0.2) is 6.10 Å². The summed E-state index contributed by atoms with van der Waals surface area (Å²) in [5, 5.41) is 3.65. The summed E-state index contributed by atoms with van der Waals surface area (Å²) in [6.45, 7) is 4.46. The fraction of sp³-hybridized carbons (Fsp3) is 0.381. The second kappa shape index (κ2) is 10.1. The minimum absolute atomic E-state index is 0.0881. The minimum atomic E-state index is -0.503. The standard InChI is InChI=1S/C21H26ClNO3/c1-4-20(26-18-11-12-19(22)15(2)14-18)21(24)23-13-5-6-16-7-9-17(25-3)10-8-16/h7-12,14,20H,4-6,13H2,1-3H3,(H,23,24)/t20-/m0/s1. The lowest BCUT2D eigenvalue weighted by atomic mass is 10.1. The highest BCUT2D eigenvalue weighted by atomic mass is 35.5. The predicted octanol–water partition coefficient (Wildman–Crippen LogP) is 4.56. The van der Waals surface area contributed by atoms with E-state index in [-0.39, 0.29) is 5.91 Å². The molecule has 0 spiro atoms. The molecule has 0 aromatic heterocycles. The molecule has 0 radical (unpaired) electrons. The molecule has 0 saturated heterocycles. The quantitative estimate of drug-likeness (QED) is 0.653. The summed E-state index contributed by atoms with van der Waals surface area (Å²) in [5.74, 6) is 1.42. The van der Waals surface area contributed by atoms with Gasteiger partial charge in [0.2, 0.25) is 0 Å². The van der Waals surface area contributed by atoms with E-state index in [1.54, 1.807) is 19.2 Å². The van der Waals surface area contributed by atoms with Crippen LogP contribution in [0.1, 0.15) is 30.9 Å². The highest BCUT2D eigenvalue weighted by molar-refractivity contribution is 6.31. The van der Waals surface area contributed by atoms with E-state index in [2.05, 4.69) is 5.32 Å². The average Bonchev–Trinajstić information content (AvgIpc) is 2.66. The van der Waals surface area contributed by atoms with Gasteiger partial charge in [0.1, 0.15) is 11.5 Å². The van der Waals surface area contributed by atoms with Gasteiger partial charge in [0.25, 0.3) is 5.91 Å². The van der Waals surface area contributed by atoms with E-state index in [4.69, 9.17) is 21.1 Å². The molecule has 5 heteroatoms. The molecule has 2 rings (SSSR count). The summed E-state index contributed by atoms with van der Waals surface area (Å²) in [5.41, 5.74) is 2.15. The molecule has 26 heavy (non-hydrogen) atoms. The van der Waals surface area contributed by atoms with Crippen molar-refractivity contribution in [2.75, 3.05) is 13.7 Å². The maximum absolute atomic E-state index is 12.3. The van der Waals surface area contributed by atoms with Crippen LogP contribution in [0.15, 0.2) is 42.5 Å². The van der Waals surface area contributed by atoms with E-state index in [0.717, 1.165) is 24.2 Å². The number of ether oxygens (including phenoxy) is 2. The van der Waals surface area contributed by atoms with Gasteiger partial charge in [-0.2, -0.15) is 0 Å². The molecular weight excluding hydrogens is 350 g/mol. The molecule has 1 amide bonds. The lowest BCUT2D eigenvalue weighted by Gasteiger charge is -2.18. The Labute approximate surface area is 160 Å². The van der Waals surface area contributed by atoms with E-state index in [9.17, 15) is 4.79 Å². The van der Waals surface area contributed by atoms with Gasteiger partial charge in [-0.25, -0.2) is 0 Å². The van der Waals surface area contributed by atoms with Crippen LogP contribution in [0.5, 0.6) is 11.5 Å². The topological polar surface area (TPSA) is 47.6 Å². The molecule has 2 aromatic carbocycles. The molecule has 0 bridgehead atoms. The van der Waals surface area contributed by atoms with Gasteiger partial charge in [-0.15, -0.1) is 0 Å². The number of rotatable bonds is 9. The molecule has 0 aliphatic rings. The molecule has 0 aliphatic carbocycles. The van der Waals surface area contributed by atoms with Crippen LogP contribution in [0, 0.1) is 6.92 Å². The van der Waals surface area contributed by atoms with E-state index in [1.165, 1.54) is 5.56 Å². The van der Waals surface area contributed by atoms with Crippen molar-refractivity contribution in [1.29, 1.82) is 0 Å². The van der Waals surface area contributed by atoms with Gasteiger partial charge < -0.3 is 14.8 Å². The van der Waals surface area contributed by atoms with Crippen molar-refractivity contribution >= 4 is 17.5 Å². The lowest BCUT2D eigenvalue weighted by molar-refractivity contribution is -0.128. The van der Waals surface area contributed by atoms with Crippen LogP contribution in [0.25, 0.3) is 0 Å². The number of carbonyl (C=O) groups is 1. The number of nitrogens with one attached hydrogen (secondary N) is 1. The Bertz CT molecular complexity index is 716. The van der Waals surface area contributed by atoms with Gasteiger partial charge in [0.05, 0.1) is 7.11 Å². The number of halogens is 1. The smallest absolute Gasteiger partial charge is 0.261 e. The summed E-state index contributed by atoms with van der Waals surface area (Å²) in [6, 6.07) is 13.4. The van der Waals surface area contributed by atoms with Crippen molar-refractivity contribution in [2.45, 2.75) is 39.2 Å². The van der Waals surface area contributed by atoms with Crippen LogP contribution < -0.4 is 14.8 Å². The predicted molar refractivity (Wildman–Crippen MR) is 105 cm³/mol. The average molecular weight is 376 g/mol. The maximum Gasteiger partial charge on any atom is 0.261 e. The van der Waals surface area contributed by atoms with Crippen molar-refractivity contribution < 1.29 is 14.3 Å². The van der Waals surface area contributed by atoms with Crippen molar-refractivity contribution in [2.24, 2.45) is 0 Å². The molecule has 140 valence electrons. The fourth-order valence-corrected chi connectivity index (χ4v) is 2.70. The molecule has 0 unspecified atom stereocenters. The summed E-state index contributed by atoms with van der Waals surface area (Å²) in [6.07, 6.45) is 1.87. The molecule has 1 N–H and O–H groups in total. The van der Waals surface area contributed by atoms with E-state index in [1.807, 2.05) is 44.2 Å². The van der Waals surface area contributed by atoms with Gasteiger partial charge in [-0.1, -0.05) is 30.7 Å². The Hall–Kier alpha value is -2.20. The van der Waals surface area contributed by atoms with Crippen LogP contribution >= 0.6 is 11.6 Å². The molecule has 0 heterocycles. The third-order valence-electron chi connectivity index (χ3n) is 4.17. The second-order valence-electron chi connectivity index (χ2n) is 6.17. The Kier molecular flexibility index (Phi) is 7.79. The van der Waals surface area contributed by atoms with Crippen molar-refractivity contribution in [3.05, 3.63) is 58.6 Å². The zero-order valence-corrected chi connectivity index (χ0v) is 16.3. The molecule has 2 aromatic rings. The number of benzene rings is 2. The monoisotopic (exact) mass is 375 g/mol. The van der Waals surface area contributed by atoms with Crippen molar-refractivity contribution in [1.82, 2.24) is 5.32 Å². The van der Waals surface area contributed by atoms with E-state index >= 15 is 0 Å². The third kappa shape index (κ3) is 5.95. The third-order valence-corrected chi connectivity index (χ3v) is 4.60. The fourth-order valence-electron chi connectivity index (χ4n) is 2.59. The second-order valence-corrected chi connectivity index (χ2v) is 6.58. The number of amides is 1. The van der Waals surface area contributed by atoms with Crippen LogP contribution in [0.2, 0.25) is 5.02 Å². The molecule has 4 nitrogen and oxygen atoms in total. The first-order chi connectivity index (χ1) is 12.5. The van der Waals surface area contributed by atoms with Crippen LogP contribution in [-0.4, -0.2) is 25.7 Å². The number of methoxy groups -OCH3 is 1. The first-order valence-electron chi connectivity index (χ1n) is 8.87. The summed E-state index contributed by atoms with van der Waals surface area (Å²) < 4.78 is 11.0. The van der Waals surface area contributed by atoms with Crippen molar-refractivity contribution in [3.8, 4) is 11.5 Å². The Morgan fingerprint density at radius 2 is 1.85 bits per heavy atom. The highest BCUT2D eigenvalue weighted by Crippen LogP contribution is 2.22. The summed E-state index contributed by atoms with van der Waals surface area (Å²) in [7, 11) is 1.65. The Morgan fingerprint density at radius 3 is 2.46 bits per heavy atom. The zero-order valence-electron chi connectivity index (χ0n) is 15.5. The number of carbonyl (C=O) groups excluding carboxylic acids is 1. The van der Waals surface area contributed by atoms with Crippen LogP contribution in [0.4, 0.5) is 0 Å². The lowest BCUT2D eigenvalue weighted by Crippen LogP contribution is -2.38. The van der Waals surface area contributed by atoms with Crippen LogP contribution in [0.3, 0.4) is 0 Å². The first kappa shape index (κ1) is 20.1. The zero-order chi connectivity index (χ0) is 18.9. The first-order valence-corrected chi connectivity index (χ1v) is 9.24. The Balaban J connectivity index is 1.78. The molecule has 0 saturated carbocycles. The number of aryl methyl sites for hydroxylation is 2. The SMILES string of the molecule is CC[C@H](Oc1ccc(Cl)c(C)c1)C(=O)NCCCc1ccc(OC)cc1. The van der Waals surface area contributed by atoms with Gasteiger partial charge in [0, 0.05) is 11.6 Å². The van der Waals surface area contributed by atoms with Crippen molar-refractivity contribution in [3.63, 3.8) is 0 Å². The van der Waals surface area contributed by atoms with E-state index in [0.29, 0.717) is 23.7 Å². The molecule has 0 fully saturated rings. The summed E-state index contributed by atoms with van der Waals surface area (Å²) >= 11 is 6.02. The highest BCUT2D eigenvalue weighted by Gasteiger charge is 2.18. The maximum atomic E-state index is 12.3.